The Labute approximate surface area is 90.1 Å². The third-order valence-corrected chi connectivity index (χ3v) is 2.48. The van der Waals surface area contributed by atoms with Gasteiger partial charge in [-0.1, -0.05) is 18.2 Å². The van der Waals surface area contributed by atoms with Gasteiger partial charge in [0.1, 0.15) is 11.2 Å². The third-order valence-electron chi connectivity index (χ3n) is 2.48. The van der Waals surface area contributed by atoms with Crippen LogP contribution in [0, 0.1) is 0 Å². The Kier molecular flexibility index (Phi) is 1.71. The molecule has 3 rings (SSSR count). The van der Waals surface area contributed by atoms with E-state index in [9.17, 15) is 4.79 Å². The van der Waals surface area contributed by atoms with Crippen molar-refractivity contribution in [3.8, 4) is 0 Å². The summed E-state index contributed by atoms with van der Waals surface area (Å²) in [6.45, 7) is 0. The molecule has 1 aromatic carbocycles. The predicted molar refractivity (Wildman–Crippen MR) is 58.5 cm³/mol. The number of aromatic nitrogens is 1. The van der Waals surface area contributed by atoms with Gasteiger partial charge in [-0.15, -0.1) is 0 Å². The topological polar surface area (TPSA) is 63.3 Å². The fourth-order valence-corrected chi connectivity index (χ4v) is 1.74. The maximum absolute atomic E-state index is 10.8. The van der Waals surface area contributed by atoms with Gasteiger partial charge in [0, 0.05) is 23.0 Å². The van der Waals surface area contributed by atoms with Crippen molar-refractivity contribution < 1.29 is 14.3 Å². The molecular weight excluding hydrogens is 206 g/mol. The molecule has 0 aliphatic carbocycles. The van der Waals surface area contributed by atoms with E-state index in [1.807, 2.05) is 24.3 Å². The van der Waals surface area contributed by atoms with Crippen LogP contribution in [0.15, 0.2) is 40.9 Å². The largest absolute Gasteiger partial charge is 0.477 e. The number of hydrogen-bond acceptors (Lipinski definition) is 3. The summed E-state index contributed by atoms with van der Waals surface area (Å²) in [7, 11) is 0. The van der Waals surface area contributed by atoms with Crippen LogP contribution in [0.2, 0.25) is 0 Å². The molecule has 16 heavy (non-hydrogen) atoms. The second-order valence-electron chi connectivity index (χ2n) is 3.47. The van der Waals surface area contributed by atoms with E-state index in [2.05, 4.69) is 4.98 Å². The number of rotatable bonds is 1. The average Bonchev–Trinajstić information content (AvgIpc) is 2.66. The number of benzene rings is 1. The van der Waals surface area contributed by atoms with Gasteiger partial charge in [0.15, 0.2) is 5.69 Å². The highest BCUT2D eigenvalue weighted by atomic mass is 16.4. The lowest BCUT2D eigenvalue weighted by Crippen LogP contribution is -1.98. The molecule has 78 valence electrons. The van der Waals surface area contributed by atoms with Gasteiger partial charge in [-0.3, -0.25) is 0 Å². The molecule has 3 aromatic rings. The van der Waals surface area contributed by atoms with Crippen molar-refractivity contribution >= 4 is 27.9 Å². The van der Waals surface area contributed by atoms with E-state index in [1.165, 1.54) is 12.3 Å². The summed E-state index contributed by atoms with van der Waals surface area (Å²) in [5, 5.41) is 10.6. The third kappa shape index (κ3) is 1.16. The molecule has 4 heteroatoms. The summed E-state index contributed by atoms with van der Waals surface area (Å²) < 4.78 is 5.54. The molecule has 0 saturated heterocycles. The Hall–Kier alpha value is -2.36. The molecule has 0 radical (unpaired) electrons. The number of hydrogen-bond donors (Lipinski definition) is 1. The van der Waals surface area contributed by atoms with E-state index < -0.39 is 5.97 Å². The molecule has 2 heterocycles. The van der Waals surface area contributed by atoms with E-state index >= 15 is 0 Å². The standard InChI is InChI=1S/C12H7NO3/c14-12(15)9-5-11-8(6-13-9)7-3-1-2-4-10(7)16-11/h1-6H,(H,14,15). The fourth-order valence-electron chi connectivity index (χ4n) is 1.74. The smallest absolute Gasteiger partial charge is 0.354 e. The van der Waals surface area contributed by atoms with E-state index in [4.69, 9.17) is 9.52 Å². The Balaban J connectivity index is 2.41. The van der Waals surface area contributed by atoms with E-state index in [1.54, 1.807) is 0 Å². The summed E-state index contributed by atoms with van der Waals surface area (Å²) in [5.41, 5.74) is 1.28. The van der Waals surface area contributed by atoms with Crippen molar-refractivity contribution in [2.45, 2.75) is 0 Å². The Morgan fingerprint density at radius 2 is 2.00 bits per heavy atom. The highest BCUT2D eigenvalue weighted by Gasteiger charge is 2.10. The lowest BCUT2D eigenvalue weighted by atomic mass is 10.2. The molecule has 0 unspecified atom stereocenters. The van der Waals surface area contributed by atoms with Crippen LogP contribution in [0.25, 0.3) is 21.9 Å². The fraction of sp³-hybridized carbons (Fsp3) is 0. The lowest BCUT2D eigenvalue weighted by molar-refractivity contribution is 0.0690. The zero-order valence-corrected chi connectivity index (χ0v) is 8.18. The Morgan fingerprint density at radius 3 is 2.81 bits per heavy atom. The van der Waals surface area contributed by atoms with Crippen molar-refractivity contribution in [3.63, 3.8) is 0 Å². The summed E-state index contributed by atoms with van der Waals surface area (Å²) in [4.78, 5) is 14.6. The number of carboxylic acid groups (broad SMARTS) is 1. The van der Waals surface area contributed by atoms with Crippen molar-refractivity contribution in [3.05, 3.63) is 42.2 Å². The number of pyridine rings is 1. The van der Waals surface area contributed by atoms with Crippen LogP contribution in [0.5, 0.6) is 0 Å². The van der Waals surface area contributed by atoms with Gasteiger partial charge in [0.05, 0.1) is 0 Å². The van der Waals surface area contributed by atoms with Crippen LogP contribution in [-0.2, 0) is 0 Å². The molecule has 4 nitrogen and oxygen atoms in total. The second-order valence-corrected chi connectivity index (χ2v) is 3.47. The second kappa shape index (κ2) is 3.06. The number of nitrogens with zero attached hydrogens (tertiary/aromatic N) is 1. The Bertz CT molecular complexity index is 700. The highest BCUT2D eigenvalue weighted by molar-refractivity contribution is 6.05. The molecule has 2 aromatic heterocycles. The maximum atomic E-state index is 10.8. The van der Waals surface area contributed by atoms with Gasteiger partial charge in [-0.2, -0.15) is 0 Å². The molecule has 0 saturated carbocycles. The predicted octanol–water partition coefficient (Wildman–Crippen LogP) is 2.68. The van der Waals surface area contributed by atoms with Crippen molar-refractivity contribution in [2.75, 3.05) is 0 Å². The quantitative estimate of drug-likeness (QED) is 0.675. The van der Waals surface area contributed by atoms with Crippen molar-refractivity contribution in [2.24, 2.45) is 0 Å². The zero-order valence-electron chi connectivity index (χ0n) is 8.18. The van der Waals surface area contributed by atoms with E-state index in [0.29, 0.717) is 5.58 Å². The highest BCUT2D eigenvalue weighted by Crippen LogP contribution is 2.27. The minimum Gasteiger partial charge on any atom is -0.477 e. The summed E-state index contributed by atoms with van der Waals surface area (Å²) >= 11 is 0. The summed E-state index contributed by atoms with van der Waals surface area (Å²) in [6, 6.07) is 8.98. The van der Waals surface area contributed by atoms with Crippen LogP contribution in [0.3, 0.4) is 0 Å². The van der Waals surface area contributed by atoms with Crippen LogP contribution in [-0.4, -0.2) is 16.1 Å². The summed E-state index contributed by atoms with van der Waals surface area (Å²) in [5.74, 6) is -1.05. The first-order valence-electron chi connectivity index (χ1n) is 4.76. The van der Waals surface area contributed by atoms with Crippen LogP contribution >= 0.6 is 0 Å². The number of aromatic carboxylic acids is 1. The van der Waals surface area contributed by atoms with Crippen molar-refractivity contribution in [1.82, 2.24) is 4.98 Å². The van der Waals surface area contributed by atoms with E-state index in [0.717, 1.165) is 16.4 Å². The first-order valence-corrected chi connectivity index (χ1v) is 4.76. The molecule has 0 aliphatic rings. The average molecular weight is 213 g/mol. The molecule has 0 atom stereocenters. The SMILES string of the molecule is O=C(O)c1cc2oc3ccccc3c2cn1. The molecule has 0 bridgehead atoms. The number of carbonyl (C=O) groups is 1. The van der Waals surface area contributed by atoms with Gasteiger partial charge < -0.3 is 9.52 Å². The molecule has 0 spiro atoms. The first kappa shape index (κ1) is 8.91. The van der Waals surface area contributed by atoms with Crippen LogP contribution in [0.4, 0.5) is 0 Å². The number of furan rings is 1. The molecule has 0 fully saturated rings. The number of fused-ring (bicyclic) bond motifs is 3. The normalized spacial score (nSPS) is 11.0. The first-order chi connectivity index (χ1) is 7.75. The molecule has 0 aliphatic heterocycles. The van der Waals surface area contributed by atoms with Gasteiger partial charge in [-0.05, 0) is 6.07 Å². The number of para-hydroxylation sites is 1. The van der Waals surface area contributed by atoms with Gasteiger partial charge in [-0.25, -0.2) is 9.78 Å². The molecular formula is C12H7NO3. The molecule has 1 N–H and O–H groups in total. The van der Waals surface area contributed by atoms with E-state index in [-0.39, 0.29) is 5.69 Å². The monoisotopic (exact) mass is 213 g/mol. The zero-order chi connectivity index (χ0) is 11.1. The Morgan fingerprint density at radius 1 is 1.19 bits per heavy atom. The minimum absolute atomic E-state index is 0.00782. The molecule has 0 amide bonds. The van der Waals surface area contributed by atoms with Gasteiger partial charge >= 0.3 is 5.97 Å². The van der Waals surface area contributed by atoms with Crippen LogP contribution < -0.4 is 0 Å². The van der Waals surface area contributed by atoms with Gasteiger partial charge in [0.2, 0.25) is 0 Å². The maximum Gasteiger partial charge on any atom is 0.354 e. The van der Waals surface area contributed by atoms with Crippen molar-refractivity contribution in [1.29, 1.82) is 0 Å². The van der Waals surface area contributed by atoms with Gasteiger partial charge in [0.25, 0.3) is 0 Å². The number of carboxylic acids is 1. The lowest BCUT2D eigenvalue weighted by Gasteiger charge is -1.92. The van der Waals surface area contributed by atoms with Crippen LogP contribution in [0.1, 0.15) is 10.5 Å². The minimum atomic E-state index is -1.05. The summed E-state index contributed by atoms with van der Waals surface area (Å²) in [6.07, 6.45) is 1.53.